The van der Waals surface area contributed by atoms with Crippen LogP contribution in [-0.2, 0) is 80.6 Å². The number of nitrogens with one attached hydrogen (secondary N) is 3. The third kappa shape index (κ3) is 15.4. The van der Waals surface area contributed by atoms with E-state index in [1.807, 2.05) is 0 Å². The van der Waals surface area contributed by atoms with Crippen molar-refractivity contribution in [2.45, 2.75) is 114 Å². The highest BCUT2D eigenvalue weighted by Gasteiger charge is 2.52. The van der Waals surface area contributed by atoms with Gasteiger partial charge >= 0.3 is 31.8 Å². The third-order valence-electron chi connectivity index (χ3n) is 11.5. The van der Waals surface area contributed by atoms with Crippen molar-refractivity contribution in [1.82, 2.24) is 38.6 Å². The zero-order chi connectivity index (χ0) is 55.7. The average molecular weight is 1250 g/mol. The van der Waals surface area contributed by atoms with Gasteiger partial charge in [0.05, 0.1) is 38.9 Å². The topological polar surface area (TPSA) is 382 Å². The van der Waals surface area contributed by atoms with Gasteiger partial charge in [-0.3, -0.25) is 65.7 Å². The molecule has 0 saturated carbocycles. The highest BCUT2D eigenvalue weighted by Crippen LogP contribution is 2.61. The van der Waals surface area contributed by atoms with E-state index in [1.165, 1.54) is 44.2 Å². The number of thiol groups is 4. The summed E-state index contributed by atoms with van der Waals surface area (Å²) >= 11 is 22.4. The Kier molecular flexibility index (Phi) is 20.4. The number of anilines is 1. The fraction of sp³-hybridized carbons (Fsp3) is 0.649. The zero-order valence-electron chi connectivity index (χ0n) is 40.7. The number of hydrogen-bond donors (Lipinski definition) is 9. The molecule has 3 fully saturated rings. The number of H-pyrrole nitrogens is 3. The van der Waals surface area contributed by atoms with Crippen molar-refractivity contribution in [1.29, 1.82) is 0 Å². The number of aryl methyl sites for hydroxylation is 2. The summed E-state index contributed by atoms with van der Waals surface area (Å²) in [6, 6.07) is 0. The predicted octanol–water partition coefficient (Wildman–Crippen LogP) is 3.20. The Morgan fingerprint density at radius 2 is 1.28 bits per heavy atom. The van der Waals surface area contributed by atoms with Crippen molar-refractivity contribution in [2.75, 3.05) is 45.9 Å². The quantitative estimate of drug-likeness (QED) is 0.0261. The van der Waals surface area contributed by atoms with E-state index in [-0.39, 0.29) is 73.4 Å². The smallest absolute Gasteiger partial charge is 0.386 e. The van der Waals surface area contributed by atoms with Gasteiger partial charge in [0.1, 0.15) is 55.2 Å². The lowest BCUT2D eigenvalue weighted by Crippen LogP contribution is -2.40. The monoisotopic (exact) mass is 1250 g/mol. The van der Waals surface area contributed by atoms with E-state index < -0.39 is 129 Å². The van der Waals surface area contributed by atoms with Gasteiger partial charge in [-0.15, -0.1) is 0 Å². The molecule has 0 spiro atoms. The molecular weight excluding hydrogens is 1190 g/mol. The molecule has 8 unspecified atom stereocenters. The molecule has 6 N–H and O–H groups in total. The molecule has 424 valence electrons. The molecule has 3 saturated heterocycles. The summed E-state index contributed by atoms with van der Waals surface area (Å²) in [5.74, 6) is -0.198. The fourth-order valence-electron chi connectivity index (χ4n) is 8.07. The Morgan fingerprint density at radius 3 is 1.84 bits per heavy atom. The molecule has 0 aliphatic carbocycles. The van der Waals surface area contributed by atoms with Gasteiger partial charge in [0.15, 0.2) is 17.4 Å². The molecule has 0 radical (unpaired) electrons. The van der Waals surface area contributed by atoms with Crippen molar-refractivity contribution in [3.63, 3.8) is 0 Å². The van der Waals surface area contributed by atoms with E-state index >= 15 is 0 Å². The lowest BCUT2D eigenvalue weighted by atomic mass is 10.1. The molecule has 0 aromatic carbocycles. The van der Waals surface area contributed by atoms with Crippen LogP contribution in [0.3, 0.4) is 0 Å². The van der Waals surface area contributed by atoms with E-state index in [0.717, 1.165) is 9.13 Å². The fourth-order valence-corrected chi connectivity index (χ4v) is 15.1. The number of aromatic amines is 3. The van der Waals surface area contributed by atoms with Crippen LogP contribution in [0.15, 0.2) is 42.7 Å². The first kappa shape index (κ1) is 61.4. The number of aliphatic hydroxyl groups excluding tert-OH is 1. The number of nitrogens with zero attached hydrogens (tertiary/aromatic N) is 5. The molecule has 4 aromatic heterocycles. The Hall–Kier alpha value is -2.27. The number of rotatable bonds is 25. The van der Waals surface area contributed by atoms with E-state index in [1.54, 1.807) is 13.8 Å². The molecule has 76 heavy (non-hydrogen) atoms. The number of nitrogens with two attached hydrogens (primary N) is 1. The molecule has 14 atom stereocenters. The van der Waals surface area contributed by atoms with Crippen LogP contribution in [0.25, 0.3) is 11.2 Å². The number of imidazole rings is 1. The summed E-state index contributed by atoms with van der Waals surface area (Å²) < 4.78 is 116. The minimum atomic E-state index is -4.64. The van der Waals surface area contributed by atoms with E-state index in [2.05, 4.69) is 73.9 Å². The molecule has 0 amide bonds. The van der Waals surface area contributed by atoms with Crippen molar-refractivity contribution >= 4 is 104 Å². The van der Waals surface area contributed by atoms with Gasteiger partial charge in [0.25, 0.3) is 16.7 Å². The predicted molar refractivity (Wildman–Crippen MR) is 286 cm³/mol. The largest absolute Gasteiger partial charge is 0.396 e. The summed E-state index contributed by atoms with van der Waals surface area (Å²) in [6.45, 7) is -9.41. The number of fused-ring (bicyclic) bond motifs is 1. The SMILES string of the molecule is COC1C(OP(=O)(S)OCCCO)[C@@H](COP(=O)(S)OC2C[C@H](n3cc(C)c(=O)[nH]c3=O)O[C@@H]2COP(=O)(S)OC2C[C@H](n3cnc4c(=O)[nH]c(N)nc43)O[C@@H]2COP(=S)(S)OC(C)C)O[C@H]1n1cc(C)c(=O)[nH]c1=O. The van der Waals surface area contributed by atoms with Gasteiger partial charge in [0, 0.05) is 50.1 Å². The van der Waals surface area contributed by atoms with Crippen LogP contribution in [0, 0.1) is 13.8 Å². The van der Waals surface area contributed by atoms with Gasteiger partial charge in [0.2, 0.25) is 11.6 Å². The summed E-state index contributed by atoms with van der Waals surface area (Å²) in [5.41, 5.74) is -0.858. The van der Waals surface area contributed by atoms with Crippen molar-refractivity contribution in [3.05, 3.63) is 81.9 Å². The second-order valence-electron chi connectivity index (χ2n) is 17.4. The maximum atomic E-state index is 14.3. The van der Waals surface area contributed by atoms with Crippen molar-refractivity contribution in [2.24, 2.45) is 0 Å². The Morgan fingerprint density at radius 1 is 0.750 bits per heavy atom. The summed E-state index contributed by atoms with van der Waals surface area (Å²) in [6.07, 6.45) is -9.71. The van der Waals surface area contributed by atoms with Crippen molar-refractivity contribution in [3.8, 4) is 0 Å². The molecule has 39 heteroatoms. The molecule has 3 aliphatic heterocycles. The van der Waals surface area contributed by atoms with Crippen LogP contribution in [0.4, 0.5) is 5.95 Å². The maximum absolute atomic E-state index is 14.3. The van der Waals surface area contributed by atoms with Crippen LogP contribution in [0.2, 0.25) is 0 Å². The first-order valence-electron chi connectivity index (χ1n) is 22.7. The molecule has 3 aliphatic rings. The standard InChI is InChI=1S/C37H55N9O21P4S5/c1-17(2)64-71(75,76)60-14-23-21(10-26(62-23)46-16-39-27-30(46)40-35(38)41-33(27)50)66-69(54,73)58-13-22-20(9-25(61-22)44-11-18(3)31(48)42-36(44)51)65-70(55,74)59-15-24-28(67-68(53,72)57-8-6-7-47)29(56-5)34(63-24)45-12-19(4)32(49)43-37(45)52/h11-12,16-17,20-26,28-29,34,47H,6-10,13-15H2,1-5H3,(H,53,72)(H,54,73)(H,55,74)(H,75,76)(H,42,48,51)(H,43,49,52)(H3,38,40,41,50)/t20?,21?,22-,23-,24-,25-,26-,28?,29?,34-,68?,69?,70?/m1/s1. The van der Waals surface area contributed by atoms with Crippen LogP contribution >= 0.6 is 75.1 Å². The number of nitrogen functional groups attached to an aromatic ring is 1. The first-order chi connectivity index (χ1) is 35.6. The second kappa shape index (κ2) is 25.3. The van der Waals surface area contributed by atoms with Crippen LogP contribution < -0.4 is 33.8 Å². The summed E-state index contributed by atoms with van der Waals surface area (Å²) in [4.78, 5) is 78.3. The average Bonchev–Trinajstić information content (AvgIpc) is 4.11. The molecule has 0 bridgehead atoms. The highest BCUT2D eigenvalue weighted by molar-refractivity contribution is 8.60. The zero-order valence-corrected chi connectivity index (χ0v) is 48.6. The molecule has 4 aromatic rings. The molecule has 7 heterocycles. The lowest BCUT2D eigenvalue weighted by Gasteiger charge is -2.27. The van der Waals surface area contributed by atoms with Gasteiger partial charge in [-0.2, -0.15) is 4.98 Å². The number of hydrogen-bond acceptors (Lipinski definition) is 25. The van der Waals surface area contributed by atoms with Crippen LogP contribution in [0.5, 0.6) is 0 Å². The lowest BCUT2D eigenvalue weighted by molar-refractivity contribution is -0.0625. The van der Waals surface area contributed by atoms with Crippen LogP contribution in [0.1, 0.15) is 62.9 Å². The Bertz CT molecular complexity index is 3250. The number of ether oxygens (including phenoxy) is 4. The van der Waals surface area contributed by atoms with E-state index in [4.69, 9.17) is 72.7 Å². The van der Waals surface area contributed by atoms with E-state index in [9.17, 15) is 42.8 Å². The van der Waals surface area contributed by atoms with Crippen molar-refractivity contribution < 1.29 is 73.9 Å². The third-order valence-corrected chi connectivity index (χ3v) is 18.8. The Labute approximate surface area is 456 Å². The first-order valence-corrected chi connectivity index (χ1v) is 34.6. The molecule has 7 rings (SSSR count). The Balaban J connectivity index is 1.11. The summed E-state index contributed by atoms with van der Waals surface area (Å²) in [5, 5.41) is 9.23. The molecule has 30 nitrogen and oxygen atoms in total. The maximum Gasteiger partial charge on any atom is 0.386 e. The van der Waals surface area contributed by atoms with Gasteiger partial charge in [-0.1, -0.05) is 49.0 Å². The number of aromatic nitrogens is 8. The normalized spacial score (nSPS) is 28.1. The van der Waals surface area contributed by atoms with Crippen LogP contribution in [-0.4, -0.2) is 133 Å². The van der Waals surface area contributed by atoms with E-state index in [0.29, 0.717) is 0 Å². The minimum absolute atomic E-state index is 0.0491. The second-order valence-corrected chi connectivity index (χ2v) is 31.3. The number of aliphatic hydroxyl groups is 1. The molecular formula is C37H55N9O21P4S5. The van der Waals surface area contributed by atoms with Gasteiger partial charge in [-0.05, 0) is 45.9 Å². The highest BCUT2D eigenvalue weighted by atomic mass is 32.9. The number of methoxy groups -OCH3 is 1. The van der Waals surface area contributed by atoms with Gasteiger partial charge < -0.3 is 43.4 Å². The summed E-state index contributed by atoms with van der Waals surface area (Å²) in [7, 11) is 1.22. The minimum Gasteiger partial charge on any atom is -0.396 e. The van der Waals surface area contributed by atoms with Gasteiger partial charge in [-0.25, -0.2) is 28.3 Å².